The highest BCUT2D eigenvalue weighted by molar-refractivity contribution is 5.82. The third kappa shape index (κ3) is 9.16. The molecule has 4 N–H and O–H groups in total. The summed E-state index contributed by atoms with van der Waals surface area (Å²) in [5, 5.41) is 26.4. The Morgan fingerprint density at radius 1 is 1.15 bits per heavy atom. The lowest BCUT2D eigenvalue weighted by Crippen LogP contribution is -2.61. The van der Waals surface area contributed by atoms with Crippen LogP contribution >= 0.6 is 0 Å². The van der Waals surface area contributed by atoms with Crippen molar-refractivity contribution in [2.75, 3.05) is 32.8 Å². The van der Waals surface area contributed by atoms with E-state index in [1.165, 1.54) is 0 Å². The Morgan fingerprint density at radius 3 is 2.61 bits per heavy atom. The molecule has 0 spiro atoms. The molecule has 2 fully saturated rings. The number of aliphatic hydroxyl groups is 1. The number of benzene rings is 2. The summed E-state index contributed by atoms with van der Waals surface area (Å²) < 4.78 is 10.7. The molecule has 0 radical (unpaired) electrons. The van der Waals surface area contributed by atoms with Crippen LogP contribution in [0.25, 0.3) is 0 Å². The lowest BCUT2D eigenvalue weighted by Gasteiger charge is -2.42. The van der Waals surface area contributed by atoms with E-state index in [1.54, 1.807) is 12.1 Å². The molecule has 2 saturated heterocycles. The van der Waals surface area contributed by atoms with Crippen molar-refractivity contribution in [2.24, 2.45) is 0 Å². The maximum absolute atomic E-state index is 13.3. The van der Waals surface area contributed by atoms with Crippen molar-refractivity contribution in [3.8, 4) is 5.75 Å². The zero-order valence-electron chi connectivity index (χ0n) is 24.5. The summed E-state index contributed by atoms with van der Waals surface area (Å²) in [5.41, 5.74) is 1.65. The topological polar surface area (TPSA) is 124 Å². The molecule has 0 aliphatic carbocycles. The maximum Gasteiger partial charge on any atom is 0.411 e. The molecule has 0 saturated carbocycles. The predicted octanol–water partition coefficient (Wildman–Crippen LogP) is 3.15. The van der Waals surface area contributed by atoms with Gasteiger partial charge in [-0.3, -0.25) is 14.6 Å². The first kappa shape index (κ1) is 30.8. The van der Waals surface area contributed by atoms with Gasteiger partial charge in [-0.2, -0.15) is 0 Å². The van der Waals surface area contributed by atoms with Gasteiger partial charge in [0.25, 0.3) is 0 Å². The van der Waals surface area contributed by atoms with Crippen molar-refractivity contribution in [3.63, 3.8) is 0 Å². The van der Waals surface area contributed by atoms with Crippen molar-refractivity contribution in [1.82, 2.24) is 20.4 Å². The summed E-state index contributed by atoms with van der Waals surface area (Å²) in [4.78, 5) is 30.3. The lowest BCUT2D eigenvalue weighted by molar-refractivity contribution is -0.309. The molecule has 2 aromatic rings. The van der Waals surface area contributed by atoms with Crippen molar-refractivity contribution in [2.45, 2.75) is 76.6 Å². The highest BCUT2D eigenvalue weighted by atomic mass is 16.8. The summed E-state index contributed by atoms with van der Waals surface area (Å²) in [6.45, 7) is 11.3. The minimum Gasteiger partial charge on any atom is -0.508 e. The molecule has 224 valence electrons. The third-order valence-electron chi connectivity index (χ3n) is 7.44. The Balaban J connectivity index is 1.29. The van der Waals surface area contributed by atoms with E-state index in [0.29, 0.717) is 32.6 Å². The first-order chi connectivity index (χ1) is 19.4. The number of phenolic OH excluding ortho intramolecular Hbond substituents is 1. The molecule has 1 unspecified atom stereocenters. The molecule has 4 atom stereocenters. The Hall–Kier alpha value is -3.18. The quantitative estimate of drug-likeness (QED) is 0.340. The van der Waals surface area contributed by atoms with E-state index < -0.39 is 12.1 Å². The van der Waals surface area contributed by atoms with Gasteiger partial charge in [-0.1, -0.05) is 42.5 Å². The number of hydrogen-bond acceptors (Lipinski definition) is 8. The van der Waals surface area contributed by atoms with Crippen LogP contribution in [0.4, 0.5) is 4.79 Å². The van der Waals surface area contributed by atoms with Crippen LogP contribution < -0.4 is 10.6 Å². The van der Waals surface area contributed by atoms with E-state index in [0.717, 1.165) is 17.7 Å². The number of phenols is 1. The molecular weight excluding hydrogens is 524 g/mol. The summed E-state index contributed by atoms with van der Waals surface area (Å²) >= 11 is 0. The van der Waals surface area contributed by atoms with E-state index in [9.17, 15) is 19.8 Å². The number of amides is 2. The minimum atomic E-state index is -1.97. The average Bonchev–Trinajstić information content (AvgIpc) is 3.28. The van der Waals surface area contributed by atoms with Crippen molar-refractivity contribution >= 4 is 12.0 Å². The van der Waals surface area contributed by atoms with Crippen LogP contribution in [0.1, 0.15) is 57.6 Å². The fourth-order valence-corrected chi connectivity index (χ4v) is 5.38. The molecule has 0 bridgehead atoms. The Labute approximate surface area is 242 Å². The van der Waals surface area contributed by atoms with Gasteiger partial charge in [0.15, 0.2) is 0 Å². The molecule has 2 aliphatic heterocycles. The van der Waals surface area contributed by atoms with Gasteiger partial charge >= 0.3 is 12.1 Å². The largest absolute Gasteiger partial charge is 0.508 e. The van der Waals surface area contributed by atoms with Gasteiger partial charge in [0.2, 0.25) is 5.91 Å². The number of carbonyl (C=O) groups excluding carboxylic acids is 2. The second kappa shape index (κ2) is 13.2. The number of rotatable bonds is 9. The Kier molecular flexibility index (Phi) is 9.91. The molecule has 2 heterocycles. The van der Waals surface area contributed by atoms with Crippen LogP contribution in [0.15, 0.2) is 54.6 Å². The SMILES string of the molecule is C[C@@H](CCN1CCN(Cc2cccc(O)c2)C[C@H]1C(=O)NC(C)(C)C)NC(=O)O[C@@]1(O)CC(c2ccccc2)CO1. The zero-order chi connectivity index (χ0) is 29.6. The van der Waals surface area contributed by atoms with E-state index in [-0.39, 0.29) is 48.2 Å². The molecule has 2 aliphatic rings. The van der Waals surface area contributed by atoms with Gasteiger partial charge in [-0.25, -0.2) is 4.79 Å². The first-order valence-corrected chi connectivity index (χ1v) is 14.4. The van der Waals surface area contributed by atoms with Gasteiger partial charge in [0, 0.05) is 50.2 Å². The molecule has 0 aromatic heterocycles. The summed E-state index contributed by atoms with van der Waals surface area (Å²) in [6.07, 6.45) is 0.00929. The highest BCUT2D eigenvalue weighted by Gasteiger charge is 2.43. The molecule has 2 amide bonds. The standard InChI is InChI=1S/C31H44N4O6/c1-22(32-29(38)41-31(39)18-25(21-40-31)24-10-6-5-7-11-24)13-14-35-16-15-34(19-23-9-8-12-26(36)17-23)20-27(35)28(37)33-30(2,3)4/h5-12,17,22,25,27,36,39H,13-16,18-21H2,1-4H3,(H,32,38)(H,33,37)/t22-,25?,27-,31+/m0/s1. The summed E-state index contributed by atoms with van der Waals surface area (Å²) in [6, 6.07) is 16.3. The molecule has 2 aromatic carbocycles. The molecular formula is C31H44N4O6. The number of alkyl carbamates (subject to hydrolysis) is 1. The third-order valence-corrected chi connectivity index (χ3v) is 7.44. The number of nitrogens with zero attached hydrogens (tertiary/aromatic N) is 2. The average molecular weight is 569 g/mol. The monoisotopic (exact) mass is 568 g/mol. The molecule has 4 rings (SSSR count). The molecule has 10 nitrogen and oxygen atoms in total. The van der Waals surface area contributed by atoms with E-state index in [2.05, 4.69) is 20.4 Å². The van der Waals surface area contributed by atoms with Gasteiger partial charge in [-0.15, -0.1) is 0 Å². The number of nitrogens with one attached hydrogen (secondary N) is 2. The van der Waals surface area contributed by atoms with Gasteiger partial charge in [0.1, 0.15) is 11.8 Å². The zero-order valence-corrected chi connectivity index (χ0v) is 24.5. The Bertz CT molecular complexity index is 1170. The maximum atomic E-state index is 13.3. The normalized spacial score (nSPS) is 24.5. The fraction of sp³-hybridized carbons (Fsp3) is 0.548. The van der Waals surface area contributed by atoms with E-state index in [1.807, 2.05) is 70.2 Å². The number of hydrogen-bond donors (Lipinski definition) is 4. The predicted molar refractivity (Wildman–Crippen MR) is 155 cm³/mol. The number of piperazine rings is 1. The summed E-state index contributed by atoms with van der Waals surface area (Å²) in [7, 11) is 0. The smallest absolute Gasteiger partial charge is 0.411 e. The van der Waals surface area contributed by atoms with Crippen molar-refractivity contribution < 1.29 is 29.3 Å². The van der Waals surface area contributed by atoms with E-state index in [4.69, 9.17) is 9.47 Å². The Morgan fingerprint density at radius 2 is 1.90 bits per heavy atom. The van der Waals surface area contributed by atoms with Crippen LogP contribution in [-0.4, -0.2) is 88.4 Å². The van der Waals surface area contributed by atoms with Gasteiger partial charge in [-0.05, 0) is 57.4 Å². The van der Waals surface area contributed by atoms with E-state index >= 15 is 0 Å². The van der Waals surface area contributed by atoms with Crippen LogP contribution in [0.2, 0.25) is 0 Å². The van der Waals surface area contributed by atoms with Gasteiger partial charge in [0.05, 0.1) is 13.0 Å². The number of carbonyl (C=O) groups is 2. The van der Waals surface area contributed by atoms with Crippen LogP contribution in [-0.2, 0) is 20.8 Å². The second-order valence-corrected chi connectivity index (χ2v) is 12.3. The van der Waals surface area contributed by atoms with Crippen molar-refractivity contribution in [1.29, 1.82) is 0 Å². The number of ether oxygens (including phenoxy) is 2. The molecule has 41 heavy (non-hydrogen) atoms. The van der Waals surface area contributed by atoms with Crippen molar-refractivity contribution in [3.05, 3.63) is 65.7 Å². The number of aromatic hydroxyl groups is 1. The van der Waals surface area contributed by atoms with Crippen LogP contribution in [0, 0.1) is 0 Å². The highest BCUT2D eigenvalue weighted by Crippen LogP contribution is 2.35. The molecule has 10 heteroatoms. The second-order valence-electron chi connectivity index (χ2n) is 12.3. The minimum absolute atomic E-state index is 0.0355. The lowest BCUT2D eigenvalue weighted by atomic mass is 9.98. The first-order valence-electron chi connectivity index (χ1n) is 14.4. The fourth-order valence-electron chi connectivity index (χ4n) is 5.38. The van der Waals surface area contributed by atoms with Crippen LogP contribution in [0.5, 0.6) is 5.75 Å². The van der Waals surface area contributed by atoms with Crippen LogP contribution in [0.3, 0.4) is 0 Å². The summed E-state index contributed by atoms with van der Waals surface area (Å²) in [5.74, 6) is -1.84. The van der Waals surface area contributed by atoms with Gasteiger partial charge < -0.3 is 30.3 Å².